The zero-order valence-corrected chi connectivity index (χ0v) is 9.69. The van der Waals surface area contributed by atoms with Gasteiger partial charge in [-0.3, -0.25) is 0 Å². The Hall–Kier alpha value is -0.650. The molecule has 2 unspecified atom stereocenters. The van der Waals surface area contributed by atoms with Gasteiger partial charge >= 0.3 is 6.18 Å². The molecular formula is C7H5Cl2F3N2O4. The predicted molar refractivity (Wildman–Crippen MR) is 53.0 cm³/mol. The minimum Gasteiger partial charge on any atom is -0.595 e. The fraction of sp³-hybridized carbons (Fsp3) is 0.143. The van der Waals surface area contributed by atoms with Gasteiger partial charge < -0.3 is 10.4 Å². The van der Waals surface area contributed by atoms with Crippen molar-refractivity contribution < 1.29 is 34.0 Å². The summed E-state index contributed by atoms with van der Waals surface area (Å²) in [4.78, 5) is 0. The highest BCUT2D eigenvalue weighted by Gasteiger charge is 2.39. The molecule has 0 aliphatic rings. The summed E-state index contributed by atoms with van der Waals surface area (Å²) in [6.07, 6.45) is -4.99. The molecule has 0 saturated heterocycles. The van der Waals surface area contributed by atoms with Gasteiger partial charge in [0.05, 0.1) is 5.56 Å². The van der Waals surface area contributed by atoms with Crippen molar-refractivity contribution in [2.24, 2.45) is 0 Å². The fourth-order valence-corrected chi connectivity index (χ4v) is 1.88. The van der Waals surface area contributed by atoms with Crippen LogP contribution < -0.4 is 10.5 Å². The molecule has 0 amide bonds. The Kier molecular flexibility index (Phi) is 4.41. The summed E-state index contributed by atoms with van der Waals surface area (Å²) >= 11 is 10.7. The molecule has 0 aromatic heterocycles. The molecule has 1 aromatic carbocycles. The van der Waals surface area contributed by atoms with E-state index in [0.717, 1.165) is 0 Å². The summed E-state index contributed by atoms with van der Waals surface area (Å²) < 4.78 is 37.7. The van der Waals surface area contributed by atoms with Crippen LogP contribution in [-0.4, -0.2) is 10.4 Å². The summed E-state index contributed by atoms with van der Waals surface area (Å²) in [5.41, 5.74) is -3.64. The van der Waals surface area contributed by atoms with Crippen LogP contribution in [0, 0.1) is 10.4 Å². The number of halogens is 5. The second kappa shape index (κ2) is 5.15. The van der Waals surface area contributed by atoms with Crippen molar-refractivity contribution in [2.75, 3.05) is 0 Å². The first-order valence-electron chi connectivity index (χ1n) is 4.13. The summed E-state index contributed by atoms with van der Waals surface area (Å²) in [6, 6.07) is 0.194. The van der Waals surface area contributed by atoms with E-state index in [0.29, 0.717) is 0 Å². The Morgan fingerprint density at radius 2 is 1.56 bits per heavy atom. The van der Waals surface area contributed by atoms with Gasteiger partial charge in [-0.1, -0.05) is 23.2 Å². The number of quaternary nitrogens is 2. The maximum absolute atomic E-state index is 12.6. The van der Waals surface area contributed by atoms with Gasteiger partial charge in [-0.15, -0.1) is 0 Å². The van der Waals surface area contributed by atoms with Crippen molar-refractivity contribution in [3.05, 3.63) is 32.1 Å². The molecule has 0 bridgehead atoms. The van der Waals surface area contributed by atoms with E-state index in [1.54, 1.807) is 0 Å². The van der Waals surface area contributed by atoms with Crippen LogP contribution in [0.3, 0.4) is 0 Å². The van der Waals surface area contributed by atoms with E-state index in [1.165, 1.54) is 0 Å². The number of nitrogens with one attached hydrogen (secondary N) is 2. The first kappa shape index (κ1) is 15.4. The lowest BCUT2D eigenvalue weighted by molar-refractivity contribution is -0.996. The SMILES string of the molecule is [O-][NH+](O)c1cc(C(F)(F)F)c(Cl)c([NH+]([O-])O)c1Cl. The third kappa shape index (κ3) is 2.84. The van der Waals surface area contributed by atoms with Gasteiger partial charge in [-0.2, -0.15) is 23.6 Å². The fourth-order valence-electron chi connectivity index (χ4n) is 1.19. The van der Waals surface area contributed by atoms with Gasteiger partial charge in [0.1, 0.15) is 5.02 Å². The predicted octanol–water partition coefficient (Wildman–Crippen LogP) is 0.819. The topological polar surface area (TPSA) is 95.5 Å². The van der Waals surface area contributed by atoms with E-state index in [-0.39, 0.29) is 6.07 Å². The van der Waals surface area contributed by atoms with Gasteiger partial charge in [0.2, 0.25) is 5.69 Å². The molecule has 0 saturated carbocycles. The quantitative estimate of drug-likeness (QED) is 0.608. The van der Waals surface area contributed by atoms with Crippen molar-refractivity contribution in [1.29, 1.82) is 0 Å². The highest BCUT2D eigenvalue weighted by atomic mass is 35.5. The lowest BCUT2D eigenvalue weighted by atomic mass is 10.1. The second-order valence-corrected chi connectivity index (χ2v) is 3.84. The Morgan fingerprint density at radius 3 is 1.89 bits per heavy atom. The van der Waals surface area contributed by atoms with E-state index in [2.05, 4.69) is 0 Å². The average Bonchev–Trinajstić information content (AvgIpc) is 2.13. The van der Waals surface area contributed by atoms with Crippen LogP contribution in [0.15, 0.2) is 6.07 Å². The number of hydrogen-bond acceptors (Lipinski definition) is 4. The zero-order chi connectivity index (χ0) is 14.2. The number of benzene rings is 1. The summed E-state index contributed by atoms with van der Waals surface area (Å²) in [5, 5.41) is 33.2. The molecule has 1 rings (SSSR count). The van der Waals surface area contributed by atoms with Crippen LogP contribution in [0.2, 0.25) is 10.0 Å². The number of alkyl halides is 3. The molecule has 11 heteroatoms. The second-order valence-electron chi connectivity index (χ2n) is 3.08. The van der Waals surface area contributed by atoms with Crippen LogP contribution in [0.5, 0.6) is 0 Å². The highest BCUT2D eigenvalue weighted by molar-refractivity contribution is 6.40. The molecule has 2 atom stereocenters. The summed E-state index contributed by atoms with van der Waals surface area (Å²) in [5.74, 6) is 0. The summed E-state index contributed by atoms with van der Waals surface area (Å²) in [6.45, 7) is 0. The molecular weight excluding hydrogens is 304 g/mol. The van der Waals surface area contributed by atoms with Crippen molar-refractivity contribution in [2.45, 2.75) is 6.18 Å². The maximum atomic E-state index is 12.6. The van der Waals surface area contributed by atoms with Gasteiger partial charge in [0.25, 0.3) is 0 Å². The van der Waals surface area contributed by atoms with Crippen molar-refractivity contribution in [1.82, 2.24) is 0 Å². The van der Waals surface area contributed by atoms with Crippen molar-refractivity contribution in [3.63, 3.8) is 0 Å². The van der Waals surface area contributed by atoms with Gasteiger partial charge in [0, 0.05) is 6.07 Å². The van der Waals surface area contributed by atoms with E-state index in [4.69, 9.17) is 33.6 Å². The maximum Gasteiger partial charge on any atom is 0.418 e. The Balaban J connectivity index is 3.67. The standard InChI is InChI=1S/C7H5Cl2F3N2O4/c8-4-2(7(10,11)12)1-3(13(15)16)5(9)6(4)14(17)18/h1,13-15,17H. The zero-order valence-electron chi connectivity index (χ0n) is 8.18. The van der Waals surface area contributed by atoms with E-state index < -0.39 is 43.6 Å². The smallest absolute Gasteiger partial charge is 0.418 e. The van der Waals surface area contributed by atoms with Crippen LogP contribution >= 0.6 is 23.2 Å². The molecule has 102 valence electrons. The highest BCUT2D eigenvalue weighted by Crippen LogP contribution is 2.42. The molecule has 6 nitrogen and oxygen atoms in total. The first-order valence-corrected chi connectivity index (χ1v) is 4.88. The van der Waals surface area contributed by atoms with Gasteiger partial charge in [-0.25, -0.2) is 10.4 Å². The molecule has 1 aromatic rings. The molecule has 4 N–H and O–H groups in total. The largest absolute Gasteiger partial charge is 0.595 e. The average molecular weight is 309 g/mol. The Labute approximate surface area is 107 Å². The van der Waals surface area contributed by atoms with Crippen LogP contribution in [0.4, 0.5) is 24.5 Å². The molecule has 0 aliphatic heterocycles. The third-order valence-corrected chi connectivity index (χ3v) is 2.74. The third-order valence-electron chi connectivity index (χ3n) is 1.95. The molecule has 0 radical (unpaired) electrons. The molecule has 0 aliphatic carbocycles. The normalized spacial score (nSPS) is 15.6. The molecule has 18 heavy (non-hydrogen) atoms. The first-order chi connectivity index (χ1) is 8.07. The monoisotopic (exact) mass is 308 g/mol. The van der Waals surface area contributed by atoms with E-state index in [9.17, 15) is 23.6 Å². The van der Waals surface area contributed by atoms with Crippen molar-refractivity contribution >= 4 is 34.6 Å². The van der Waals surface area contributed by atoms with E-state index >= 15 is 0 Å². The Bertz CT molecular complexity index is 467. The van der Waals surface area contributed by atoms with Crippen LogP contribution in [-0.2, 0) is 6.18 Å². The lowest BCUT2D eigenvalue weighted by Gasteiger charge is -2.21. The molecule has 0 fully saturated rings. The van der Waals surface area contributed by atoms with Crippen molar-refractivity contribution in [3.8, 4) is 0 Å². The van der Waals surface area contributed by atoms with Gasteiger partial charge in [-0.05, 0) is 0 Å². The number of rotatable bonds is 2. The lowest BCUT2D eigenvalue weighted by Crippen LogP contribution is -3.01. The minimum atomic E-state index is -4.99. The number of hydrogen-bond donors (Lipinski definition) is 4. The van der Waals surface area contributed by atoms with Crippen LogP contribution in [0.1, 0.15) is 5.56 Å². The molecule has 0 heterocycles. The Morgan fingerprint density at radius 1 is 1.06 bits per heavy atom. The summed E-state index contributed by atoms with van der Waals surface area (Å²) in [7, 11) is 0. The molecule has 0 spiro atoms. The van der Waals surface area contributed by atoms with Gasteiger partial charge in [0.15, 0.2) is 10.7 Å². The van der Waals surface area contributed by atoms with E-state index in [1.807, 2.05) is 0 Å². The van der Waals surface area contributed by atoms with Crippen LogP contribution in [0.25, 0.3) is 0 Å². The minimum absolute atomic E-state index is 0.194.